The average molecular weight is 358 g/mol. The van der Waals surface area contributed by atoms with Gasteiger partial charge in [-0.1, -0.05) is 39.0 Å². The standard InChI is InChI=1S/C20H27NO3Si/c1-20(2,3)25(5,6)24-17-12-11-16(22)18-14-9-7-8-10-15(14)21(13-23-4)19(17)18/h7-12,17H,13H2,1-6H3. The fourth-order valence-electron chi connectivity index (χ4n) is 3.08. The van der Waals surface area contributed by atoms with Crippen molar-refractivity contribution in [3.8, 4) is 0 Å². The number of hydrogen-bond acceptors (Lipinski definition) is 3. The molecule has 0 fully saturated rings. The predicted molar refractivity (Wildman–Crippen MR) is 103 cm³/mol. The summed E-state index contributed by atoms with van der Waals surface area (Å²) in [5.74, 6) is 0.0381. The van der Waals surface area contributed by atoms with Crippen molar-refractivity contribution in [1.82, 2.24) is 4.57 Å². The van der Waals surface area contributed by atoms with E-state index in [1.54, 1.807) is 13.2 Å². The van der Waals surface area contributed by atoms with Gasteiger partial charge in [-0.05, 0) is 36.4 Å². The number of carbonyl (C=O) groups is 1. The lowest BCUT2D eigenvalue weighted by Gasteiger charge is -2.39. The summed E-state index contributed by atoms with van der Waals surface area (Å²) in [6.07, 6.45) is 3.33. The van der Waals surface area contributed by atoms with Gasteiger partial charge in [0.2, 0.25) is 0 Å². The molecule has 1 unspecified atom stereocenters. The third-order valence-electron chi connectivity index (χ3n) is 5.44. The number of benzene rings is 1. The Balaban J connectivity index is 2.18. The smallest absolute Gasteiger partial charge is 0.193 e. The van der Waals surface area contributed by atoms with Gasteiger partial charge in [0.25, 0.3) is 0 Å². The van der Waals surface area contributed by atoms with Crippen LogP contribution in [0.25, 0.3) is 10.9 Å². The lowest BCUT2D eigenvalue weighted by atomic mass is 9.98. The summed E-state index contributed by atoms with van der Waals surface area (Å²) in [7, 11) is -0.322. The Hall–Kier alpha value is -1.69. The predicted octanol–water partition coefficient (Wildman–Crippen LogP) is 5.06. The molecule has 1 aliphatic rings. The second-order valence-electron chi connectivity index (χ2n) is 8.15. The number of para-hydroxylation sites is 1. The van der Waals surface area contributed by atoms with E-state index in [4.69, 9.17) is 9.16 Å². The lowest BCUT2D eigenvalue weighted by molar-refractivity contribution is 0.102. The van der Waals surface area contributed by atoms with Crippen molar-refractivity contribution in [2.75, 3.05) is 7.11 Å². The van der Waals surface area contributed by atoms with Gasteiger partial charge in [-0.25, -0.2) is 0 Å². The zero-order valence-corrected chi connectivity index (χ0v) is 16.9. The Morgan fingerprint density at radius 3 is 2.52 bits per heavy atom. The highest BCUT2D eigenvalue weighted by Gasteiger charge is 2.41. The largest absolute Gasteiger partial charge is 0.405 e. The lowest BCUT2D eigenvalue weighted by Crippen LogP contribution is -2.42. The first-order valence-electron chi connectivity index (χ1n) is 8.68. The maximum absolute atomic E-state index is 12.6. The number of carbonyl (C=O) groups excluding carboxylic acids is 1. The monoisotopic (exact) mass is 357 g/mol. The van der Waals surface area contributed by atoms with E-state index >= 15 is 0 Å². The van der Waals surface area contributed by atoms with Crippen molar-refractivity contribution in [3.05, 3.63) is 47.7 Å². The highest BCUT2D eigenvalue weighted by Crippen LogP contribution is 2.43. The normalized spacial score (nSPS) is 18.0. The Labute approximate surface area is 150 Å². The molecular weight excluding hydrogens is 330 g/mol. The molecule has 1 aliphatic carbocycles. The van der Waals surface area contributed by atoms with Crippen molar-refractivity contribution in [2.45, 2.75) is 51.7 Å². The summed E-state index contributed by atoms with van der Waals surface area (Å²) in [5, 5.41) is 1.06. The molecule has 3 rings (SSSR count). The van der Waals surface area contributed by atoms with E-state index in [2.05, 4.69) is 38.4 Å². The zero-order valence-electron chi connectivity index (χ0n) is 15.9. The molecule has 25 heavy (non-hydrogen) atoms. The molecular formula is C20H27NO3Si. The van der Waals surface area contributed by atoms with Gasteiger partial charge in [0.05, 0.1) is 16.8 Å². The van der Waals surface area contributed by atoms with Crippen LogP contribution in [0.3, 0.4) is 0 Å². The van der Waals surface area contributed by atoms with Crippen molar-refractivity contribution < 1.29 is 14.0 Å². The van der Waals surface area contributed by atoms with E-state index in [9.17, 15) is 4.79 Å². The van der Waals surface area contributed by atoms with Crippen LogP contribution >= 0.6 is 0 Å². The SMILES string of the molecule is COCn1c2c(c3ccccc31)C(=O)C=CC2O[Si](C)(C)C(C)(C)C. The highest BCUT2D eigenvalue weighted by atomic mass is 28.4. The first-order valence-corrected chi connectivity index (χ1v) is 11.6. The zero-order chi connectivity index (χ0) is 18.4. The first kappa shape index (κ1) is 18.1. The second-order valence-corrected chi connectivity index (χ2v) is 12.9. The van der Waals surface area contributed by atoms with E-state index in [0.29, 0.717) is 6.73 Å². The van der Waals surface area contributed by atoms with Crippen molar-refractivity contribution in [3.63, 3.8) is 0 Å². The van der Waals surface area contributed by atoms with Gasteiger partial charge in [-0.15, -0.1) is 0 Å². The van der Waals surface area contributed by atoms with Crippen LogP contribution in [-0.4, -0.2) is 25.8 Å². The van der Waals surface area contributed by atoms with Gasteiger partial charge in [0.15, 0.2) is 14.1 Å². The molecule has 1 atom stereocenters. The topological polar surface area (TPSA) is 40.5 Å². The van der Waals surface area contributed by atoms with Crippen LogP contribution < -0.4 is 0 Å². The summed E-state index contributed by atoms with van der Waals surface area (Å²) in [6, 6.07) is 7.99. The molecule has 0 saturated heterocycles. The molecule has 0 spiro atoms. The second kappa shape index (κ2) is 6.23. The van der Waals surface area contributed by atoms with Crippen LogP contribution in [0, 0.1) is 0 Å². The molecule has 1 heterocycles. The molecule has 0 amide bonds. The van der Waals surface area contributed by atoms with Crippen molar-refractivity contribution in [1.29, 1.82) is 0 Å². The van der Waals surface area contributed by atoms with Crippen LogP contribution in [0.1, 0.15) is 42.9 Å². The summed E-state index contributed by atoms with van der Waals surface area (Å²) in [4.78, 5) is 12.6. The minimum atomic E-state index is -1.99. The molecule has 0 radical (unpaired) electrons. The summed E-state index contributed by atoms with van der Waals surface area (Å²) >= 11 is 0. The Morgan fingerprint density at radius 2 is 1.88 bits per heavy atom. The van der Waals surface area contributed by atoms with E-state index in [0.717, 1.165) is 22.2 Å². The number of fused-ring (bicyclic) bond motifs is 3. The van der Waals surface area contributed by atoms with Gasteiger partial charge in [-0.2, -0.15) is 0 Å². The molecule has 1 aromatic carbocycles. The third-order valence-corrected chi connectivity index (χ3v) is 9.89. The average Bonchev–Trinajstić information content (AvgIpc) is 2.85. The van der Waals surface area contributed by atoms with Gasteiger partial charge >= 0.3 is 0 Å². The van der Waals surface area contributed by atoms with Crippen LogP contribution in [0.4, 0.5) is 0 Å². The maximum Gasteiger partial charge on any atom is 0.193 e. The quantitative estimate of drug-likeness (QED) is 0.718. The number of allylic oxidation sites excluding steroid dienone is 1. The Kier molecular flexibility index (Phi) is 4.52. The van der Waals surface area contributed by atoms with Crippen molar-refractivity contribution in [2.24, 2.45) is 0 Å². The number of ether oxygens (including phenoxy) is 1. The summed E-state index contributed by atoms with van der Waals surface area (Å²) in [6.45, 7) is 11.5. The van der Waals surface area contributed by atoms with E-state index < -0.39 is 8.32 Å². The minimum absolute atomic E-state index is 0.0381. The highest BCUT2D eigenvalue weighted by molar-refractivity contribution is 6.74. The number of methoxy groups -OCH3 is 1. The van der Waals surface area contributed by atoms with E-state index in [1.165, 1.54) is 0 Å². The fraction of sp³-hybridized carbons (Fsp3) is 0.450. The number of rotatable bonds is 4. The number of ketones is 1. The molecule has 1 aromatic heterocycles. The molecule has 0 aliphatic heterocycles. The number of hydrogen-bond donors (Lipinski definition) is 0. The van der Waals surface area contributed by atoms with Gasteiger partial charge in [0.1, 0.15) is 12.8 Å². The minimum Gasteiger partial charge on any atom is -0.405 e. The molecule has 0 saturated carbocycles. The van der Waals surface area contributed by atoms with Crippen LogP contribution in [-0.2, 0) is 15.9 Å². The Morgan fingerprint density at radius 1 is 1.20 bits per heavy atom. The summed E-state index contributed by atoms with van der Waals surface area (Å²) < 4.78 is 14.2. The van der Waals surface area contributed by atoms with Crippen LogP contribution in [0.15, 0.2) is 36.4 Å². The van der Waals surface area contributed by atoms with Crippen LogP contribution in [0.5, 0.6) is 0 Å². The fourth-order valence-corrected chi connectivity index (χ4v) is 4.26. The molecule has 0 N–H and O–H groups in total. The van der Waals surface area contributed by atoms with Crippen LogP contribution in [0.2, 0.25) is 18.1 Å². The van der Waals surface area contributed by atoms with E-state index in [-0.39, 0.29) is 16.9 Å². The van der Waals surface area contributed by atoms with Gasteiger partial charge < -0.3 is 13.7 Å². The molecule has 5 heteroatoms. The van der Waals surface area contributed by atoms with Gasteiger partial charge in [0, 0.05) is 12.5 Å². The molecule has 2 aromatic rings. The number of aromatic nitrogens is 1. The van der Waals surface area contributed by atoms with E-state index in [1.807, 2.05) is 30.3 Å². The first-order chi connectivity index (χ1) is 11.7. The maximum atomic E-state index is 12.6. The summed E-state index contributed by atoms with van der Waals surface area (Å²) in [5.41, 5.74) is 2.68. The molecule has 0 bridgehead atoms. The Bertz CT molecular complexity index is 842. The molecule has 134 valence electrons. The van der Waals surface area contributed by atoms with Crippen molar-refractivity contribution >= 4 is 25.0 Å². The van der Waals surface area contributed by atoms with Gasteiger partial charge in [-0.3, -0.25) is 4.79 Å². The third kappa shape index (κ3) is 3.01. The molecule has 4 nitrogen and oxygen atoms in total. The number of nitrogens with zero attached hydrogens (tertiary/aromatic N) is 1.